The molecule has 1 aliphatic heterocycles. The fourth-order valence-electron chi connectivity index (χ4n) is 4.58. The average molecular weight is 470 g/mol. The molecule has 0 radical (unpaired) electrons. The number of carbonyl (C=O) groups excluding carboxylic acids is 1. The highest BCUT2D eigenvalue weighted by atomic mass is 32.1. The Labute approximate surface area is 196 Å². The largest absolute Gasteiger partial charge is 0.545 e. The maximum absolute atomic E-state index is 13.6. The Bertz CT molecular complexity index is 1610. The van der Waals surface area contributed by atoms with Crippen molar-refractivity contribution in [2.45, 2.75) is 18.9 Å². The van der Waals surface area contributed by atoms with Crippen LogP contribution >= 0.6 is 22.7 Å². The van der Waals surface area contributed by atoms with Crippen LogP contribution in [0.3, 0.4) is 0 Å². The van der Waals surface area contributed by atoms with Crippen LogP contribution in [0.5, 0.6) is 0 Å². The Kier molecular flexibility index (Phi) is 4.74. The lowest BCUT2D eigenvalue weighted by molar-refractivity contribution is -0.255. The van der Waals surface area contributed by atoms with Gasteiger partial charge < -0.3 is 9.90 Å². The zero-order chi connectivity index (χ0) is 22.5. The van der Waals surface area contributed by atoms with E-state index in [9.17, 15) is 14.7 Å². The number of carboxylic acids is 1. The van der Waals surface area contributed by atoms with E-state index in [-0.39, 0.29) is 17.2 Å². The van der Waals surface area contributed by atoms with Crippen LogP contribution in [-0.4, -0.2) is 10.5 Å². The van der Waals surface area contributed by atoms with Crippen LogP contribution in [0.25, 0.3) is 11.8 Å². The van der Waals surface area contributed by atoms with Gasteiger partial charge in [0.2, 0.25) is 0 Å². The number of carboxylic acid groups (broad SMARTS) is 1. The molecule has 2 aromatic heterocycles. The van der Waals surface area contributed by atoms with Gasteiger partial charge in [-0.2, -0.15) is 0 Å². The first kappa shape index (κ1) is 20.1. The van der Waals surface area contributed by atoms with Gasteiger partial charge in [0.05, 0.1) is 22.2 Å². The summed E-state index contributed by atoms with van der Waals surface area (Å²) in [6.45, 7) is 0. The summed E-state index contributed by atoms with van der Waals surface area (Å²) in [7, 11) is 0. The number of carbonyl (C=O) groups is 1. The smallest absolute Gasteiger partial charge is 0.271 e. The number of allylic oxidation sites excluding steroid dienone is 1. The van der Waals surface area contributed by atoms with Crippen molar-refractivity contribution in [2.75, 3.05) is 0 Å². The number of nitrogens with zero attached hydrogens (tertiary/aromatic N) is 2. The Hall–Kier alpha value is -3.55. The van der Waals surface area contributed by atoms with Gasteiger partial charge in [-0.05, 0) is 52.6 Å². The molecular formula is C26H17N2O3S2-. The van der Waals surface area contributed by atoms with E-state index in [0.29, 0.717) is 9.33 Å². The lowest BCUT2D eigenvalue weighted by atomic mass is 9.85. The van der Waals surface area contributed by atoms with E-state index >= 15 is 0 Å². The van der Waals surface area contributed by atoms with Gasteiger partial charge in [-0.1, -0.05) is 65.9 Å². The highest BCUT2D eigenvalue weighted by Crippen LogP contribution is 2.42. The number of rotatable bonds is 3. The minimum absolute atomic E-state index is 0.0773. The van der Waals surface area contributed by atoms with E-state index in [1.165, 1.54) is 34.6 Å². The van der Waals surface area contributed by atoms with Gasteiger partial charge in [0.15, 0.2) is 4.80 Å². The third-order valence-electron chi connectivity index (χ3n) is 6.13. The Morgan fingerprint density at radius 1 is 1.06 bits per heavy atom. The second-order valence-electron chi connectivity index (χ2n) is 8.04. The van der Waals surface area contributed by atoms with E-state index in [2.05, 4.69) is 24.3 Å². The van der Waals surface area contributed by atoms with Gasteiger partial charge in [-0.15, -0.1) is 11.3 Å². The van der Waals surface area contributed by atoms with Crippen molar-refractivity contribution in [3.05, 3.63) is 118 Å². The maximum atomic E-state index is 13.6. The molecule has 7 heteroatoms. The third-order valence-corrected chi connectivity index (χ3v) is 8.04. The lowest BCUT2D eigenvalue weighted by Crippen LogP contribution is -2.38. The third kappa shape index (κ3) is 3.32. The predicted molar refractivity (Wildman–Crippen MR) is 128 cm³/mol. The molecule has 0 spiro atoms. The molecule has 0 unspecified atom stereocenters. The zero-order valence-electron chi connectivity index (χ0n) is 17.4. The second-order valence-corrected chi connectivity index (χ2v) is 10.0. The molecule has 162 valence electrons. The first-order chi connectivity index (χ1) is 16.1. The number of fused-ring (bicyclic) bond motifs is 3. The summed E-state index contributed by atoms with van der Waals surface area (Å²) in [5.41, 5.74) is 5.40. The normalized spacial score (nSPS) is 17.2. The standard InChI is InChI=1S/C26H18N2O3S2/c29-24-21(14-15-7-9-17(10-8-15)25(30)31)33-26-27-22-18-5-2-1-4-16(18)11-12-19(22)23(28(24)26)20-6-3-13-32-20/h1-10,13-14,23H,11-12H2,(H,30,31)/p-1/b21-14+/t23-/m0/s1. The second kappa shape index (κ2) is 7.79. The van der Waals surface area contributed by atoms with Gasteiger partial charge in [-0.25, -0.2) is 4.99 Å². The van der Waals surface area contributed by atoms with Crippen LogP contribution in [0.2, 0.25) is 0 Å². The van der Waals surface area contributed by atoms with E-state index in [0.717, 1.165) is 34.5 Å². The van der Waals surface area contributed by atoms with Crippen LogP contribution in [0.15, 0.2) is 81.4 Å². The number of thiophene rings is 1. The molecule has 3 heterocycles. The predicted octanol–water partition coefficient (Wildman–Crippen LogP) is 2.74. The van der Waals surface area contributed by atoms with Gasteiger partial charge in [0.1, 0.15) is 0 Å². The highest BCUT2D eigenvalue weighted by Gasteiger charge is 2.32. The topological polar surface area (TPSA) is 74.5 Å². The Morgan fingerprint density at radius 2 is 1.88 bits per heavy atom. The van der Waals surface area contributed by atoms with Gasteiger partial charge >= 0.3 is 0 Å². The molecular weight excluding hydrogens is 452 g/mol. The summed E-state index contributed by atoms with van der Waals surface area (Å²) in [6, 6.07) is 18.7. The number of hydrogen-bond donors (Lipinski definition) is 0. The fraction of sp³-hybridized carbons (Fsp3) is 0.115. The highest BCUT2D eigenvalue weighted by molar-refractivity contribution is 7.10. The first-order valence-corrected chi connectivity index (χ1v) is 12.3. The number of aromatic nitrogens is 1. The molecule has 5 nitrogen and oxygen atoms in total. The number of aromatic carboxylic acids is 1. The minimum atomic E-state index is -1.22. The molecule has 0 amide bonds. The molecule has 2 aliphatic rings. The summed E-state index contributed by atoms with van der Waals surface area (Å²) >= 11 is 3.02. The summed E-state index contributed by atoms with van der Waals surface area (Å²) < 4.78 is 2.40. The molecule has 0 N–H and O–H groups in total. The Morgan fingerprint density at radius 3 is 2.64 bits per heavy atom. The molecule has 1 aliphatic carbocycles. The van der Waals surface area contributed by atoms with Crippen LogP contribution in [0, 0.1) is 0 Å². The van der Waals surface area contributed by atoms with Crippen LogP contribution in [0.4, 0.5) is 0 Å². The van der Waals surface area contributed by atoms with Crippen molar-refractivity contribution in [3.63, 3.8) is 0 Å². The van der Waals surface area contributed by atoms with Crippen molar-refractivity contribution in [3.8, 4) is 0 Å². The van der Waals surface area contributed by atoms with Crippen molar-refractivity contribution in [1.82, 2.24) is 4.57 Å². The fourth-order valence-corrected chi connectivity index (χ4v) is 6.43. The lowest BCUT2D eigenvalue weighted by Gasteiger charge is -2.30. The Balaban J connectivity index is 1.57. The van der Waals surface area contributed by atoms with Crippen LogP contribution in [-0.2, 0) is 6.42 Å². The summed E-state index contributed by atoms with van der Waals surface area (Å²) in [5, 5.41) is 13.1. The molecule has 4 aromatic rings. The number of aryl methyl sites for hydroxylation is 1. The van der Waals surface area contributed by atoms with Gasteiger partial charge in [0, 0.05) is 10.4 Å². The number of thiazole rings is 1. The monoisotopic (exact) mass is 469 g/mol. The molecule has 33 heavy (non-hydrogen) atoms. The van der Waals surface area contributed by atoms with E-state index < -0.39 is 5.97 Å². The summed E-state index contributed by atoms with van der Waals surface area (Å²) in [5.74, 6) is -1.22. The van der Waals surface area contributed by atoms with Gasteiger partial charge in [-0.3, -0.25) is 9.36 Å². The summed E-state index contributed by atoms with van der Waals surface area (Å²) in [4.78, 5) is 31.4. The van der Waals surface area contributed by atoms with Crippen molar-refractivity contribution in [1.29, 1.82) is 0 Å². The number of benzene rings is 2. The summed E-state index contributed by atoms with van der Waals surface area (Å²) in [6.07, 6.45) is 3.60. The average Bonchev–Trinajstić information content (AvgIpc) is 3.47. The SMILES string of the molecule is O=C([O-])c1ccc(/C=c2/sc3n(c2=O)[C@H](c2cccs2)C2=C(N=3)c3ccccc3CC2)cc1. The molecule has 1 atom stereocenters. The van der Waals surface area contributed by atoms with Crippen LogP contribution < -0.4 is 20.0 Å². The molecule has 0 saturated carbocycles. The molecule has 2 aromatic carbocycles. The molecule has 0 saturated heterocycles. The van der Waals surface area contributed by atoms with E-state index in [1.54, 1.807) is 29.5 Å². The first-order valence-electron chi connectivity index (χ1n) is 10.6. The molecule has 6 rings (SSSR count). The van der Waals surface area contributed by atoms with Crippen molar-refractivity contribution >= 4 is 40.4 Å². The van der Waals surface area contributed by atoms with E-state index in [1.807, 2.05) is 22.1 Å². The van der Waals surface area contributed by atoms with Gasteiger partial charge in [0.25, 0.3) is 5.56 Å². The van der Waals surface area contributed by atoms with Crippen molar-refractivity contribution in [2.24, 2.45) is 4.99 Å². The van der Waals surface area contributed by atoms with Crippen LogP contribution in [0.1, 0.15) is 44.4 Å². The maximum Gasteiger partial charge on any atom is 0.271 e. The minimum Gasteiger partial charge on any atom is -0.545 e. The zero-order valence-corrected chi connectivity index (χ0v) is 19.0. The molecule has 0 bridgehead atoms. The molecule has 0 fully saturated rings. The van der Waals surface area contributed by atoms with Crippen molar-refractivity contribution < 1.29 is 9.90 Å². The number of hydrogen-bond acceptors (Lipinski definition) is 6. The quantitative estimate of drug-likeness (QED) is 0.463. The van der Waals surface area contributed by atoms with E-state index in [4.69, 9.17) is 4.99 Å².